The average molecular weight is 301 g/mol. The van der Waals surface area contributed by atoms with E-state index in [0.29, 0.717) is 0 Å². The lowest BCUT2D eigenvalue weighted by Crippen LogP contribution is -2.44. The van der Waals surface area contributed by atoms with E-state index in [1.54, 1.807) is 6.20 Å². The van der Waals surface area contributed by atoms with E-state index in [2.05, 4.69) is 33.5 Å². The molecule has 1 atom stereocenters. The Morgan fingerprint density at radius 3 is 3.09 bits per heavy atom. The number of ether oxygens (including phenoxy) is 1. The lowest BCUT2D eigenvalue weighted by molar-refractivity contribution is -0.0182. The third kappa shape index (κ3) is 3.71. The molecule has 3 heterocycles. The molecular weight excluding hydrogens is 278 g/mol. The van der Waals surface area contributed by atoms with Gasteiger partial charge in [0, 0.05) is 62.9 Å². The van der Waals surface area contributed by atoms with Crippen molar-refractivity contribution in [3.8, 4) is 11.3 Å². The molecule has 1 saturated heterocycles. The molecule has 0 spiro atoms. The van der Waals surface area contributed by atoms with Gasteiger partial charge in [-0.2, -0.15) is 5.10 Å². The van der Waals surface area contributed by atoms with E-state index in [4.69, 9.17) is 4.74 Å². The molecule has 1 aliphatic heterocycles. The van der Waals surface area contributed by atoms with Crippen LogP contribution in [0.3, 0.4) is 0 Å². The van der Waals surface area contributed by atoms with Gasteiger partial charge in [-0.25, -0.2) is 0 Å². The van der Waals surface area contributed by atoms with Crippen LogP contribution in [0.1, 0.15) is 5.56 Å². The summed E-state index contributed by atoms with van der Waals surface area (Å²) in [7, 11) is 4.08. The first-order valence-electron chi connectivity index (χ1n) is 7.66. The van der Waals surface area contributed by atoms with Crippen LogP contribution < -0.4 is 5.32 Å². The maximum Gasteiger partial charge on any atom is 0.0983 e. The first-order valence-corrected chi connectivity index (χ1v) is 7.66. The van der Waals surface area contributed by atoms with Gasteiger partial charge < -0.3 is 15.0 Å². The van der Waals surface area contributed by atoms with E-state index in [1.165, 1.54) is 5.56 Å². The number of hydrogen-bond acceptors (Lipinski definition) is 5. The third-order valence-electron chi connectivity index (χ3n) is 3.87. The van der Waals surface area contributed by atoms with Crippen molar-refractivity contribution in [1.82, 2.24) is 25.0 Å². The second-order valence-electron chi connectivity index (χ2n) is 5.80. The highest BCUT2D eigenvalue weighted by molar-refractivity contribution is 5.61. The van der Waals surface area contributed by atoms with Crippen LogP contribution in [0.15, 0.2) is 30.7 Å². The summed E-state index contributed by atoms with van der Waals surface area (Å²) in [6.07, 6.45) is 5.95. The second kappa shape index (κ2) is 7.00. The molecule has 2 aromatic rings. The minimum Gasteiger partial charge on any atom is -0.374 e. The van der Waals surface area contributed by atoms with E-state index in [0.717, 1.165) is 44.0 Å². The smallest absolute Gasteiger partial charge is 0.0983 e. The minimum absolute atomic E-state index is 0.261. The first kappa shape index (κ1) is 15.1. The van der Waals surface area contributed by atoms with Gasteiger partial charge in [0.2, 0.25) is 0 Å². The molecular formula is C16H23N5O. The van der Waals surface area contributed by atoms with Crippen molar-refractivity contribution in [3.63, 3.8) is 0 Å². The summed E-state index contributed by atoms with van der Waals surface area (Å²) in [5.74, 6) is 0. The van der Waals surface area contributed by atoms with Gasteiger partial charge in [0.05, 0.1) is 18.4 Å². The summed E-state index contributed by atoms with van der Waals surface area (Å²) >= 11 is 0. The zero-order valence-corrected chi connectivity index (χ0v) is 13.2. The Balaban J connectivity index is 1.61. The molecule has 0 radical (unpaired) electrons. The number of morpholine rings is 1. The Kier molecular flexibility index (Phi) is 4.82. The number of nitrogens with one attached hydrogen (secondary N) is 1. The molecule has 1 unspecified atom stereocenters. The van der Waals surface area contributed by atoms with E-state index in [-0.39, 0.29) is 6.10 Å². The highest BCUT2D eigenvalue weighted by Crippen LogP contribution is 2.20. The lowest BCUT2D eigenvalue weighted by Gasteiger charge is -2.30. The van der Waals surface area contributed by atoms with Gasteiger partial charge in [0.1, 0.15) is 0 Å². The zero-order chi connectivity index (χ0) is 15.4. The minimum atomic E-state index is 0.261. The Morgan fingerprint density at radius 1 is 1.41 bits per heavy atom. The summed E-state index contributed by atoms with van der Waals surface area (Å²) < 4.78 is 7.62. The Morgan fingerprint density at radius 2 is 2.32 bits per heavy atom. The molecule has 6 heteroatoms. The van der Waals surface area contributed by atoms with Gasteiger partial charge in [-0.3, -0.25) is 9.67 Å². The number of aryl methyl sites for hydroxylation is 1. The molecule has 2 aromatic heterocycles. The molecule has 0 amide bonds. The highest BCUT2D eigenvalue weighted by atomic mass is 16.5. The number of hydrogen-bond donors (Lipinski definition) is 1. The molecule has 0 saturated carbocycles. The summed E-state index contributed by atoms with van der Waals surface area (Å²) in [5.41, 5.74) is 3.22. The van der Waals surface area contributed by atoms with Crippen molar-refractivity contribution in [3.05, 3.63) is 36.3 Å². The number of likely N-dealkylation sites (N-methyl/N-ethyl adjacent to an activating group) is 1. The quantitative estimate of drug-likeness (QED) is 0.889. The maximum absolute atomic E-state index is 5.77. The Labute approximate surface area is 131 Å². The molecule has 0 bridgehead atoms. The van der Waals surface area contributed by atoms with Crippen molar-refractivity contribution in [2.75, 3.05) is 33.3 Å². The van der Waals surface area contributed by atoms with Gasteiger partial charge in [0.25, 0.3) is 0 Å². The lowest BCUT2D eigenvalue weighted by atomic mass is 10.1. The zero-order valence-electron chi connectivity index (χ0n) is 13.2. The molecule has 118 valence electrons. The molecule has 1 N–H and O–H groups in total. The van der Waals surface area contributed by atoms with Crippen LogP contribution in [0.2, 0.25) is 0 Å². The van der Waals surface area contributed by atoms with Crippen LogP contribution in [-0.2, 0) is 18.3 Å². The Hall–Kier alpha value is -1.76. The number of nitrogens with zero attached hydrogens (tertiary/aromatic N) is 4. The van der Waals surface area contributed by atoms with Gasteiger partial charge in [-0.1, -0.05) is 0 Å². The number of aromatic nitrogens is 3. The van der Waals surface area contributed by atoms with Gasteiger partial charge in [0.15, 0.2) is 0 Å². The molecule has 1 aliphatic rings. The van der Waals surface area contributed by atoms with Crippen LogP contribution >= 0.6 is 0 Å². The predicted octanol–water partition coefficient (Wildman–Crippen LogP) is 0.902. The van der Waals surface area contributed by atoms with Crippen LogP contribution in [0, 0.1) is 0 Å². The van der Waals surface area contributed by atoms with Crippen LogP contribution in [-0.4, -0.2) is 59.1 Å². The largest absolute Gasteiger partial charge is 0.374 e. The number of rotatable bonds is 5. The van der Waals surface area contributed by atoms with Crippen molar-refractivity contribution < 1.29 is 4.74 Å². The molecule has 0 aromatic carbocycles. The first-order chi connectivity index (χ1) is 10.7. The van der Waals surface area contributed by atoms with Crippen molar-refractivity contribution >= 4 is 0 Å². The fraction of sp³-hybridized carbons (Fsp3) is 0.500. The van der Waals surface area contributed by atoms with E-state index < -0.39 is 0 Å². The summed E-state index contributed by atoms with van der Waals surface area (Å²) in [6, 6.07) is 3.98. The molecule has 3 rings (SSSR count). The number of pyridine rings is 1. The summed E-state index contributed by atoms with van der Waals surface area (Å²) in [4.78, 5) is 6.48. The SMILES string of the molecule is CN1CCOC(CNCc2cn(C)nc2-c2cccnc2)C1. The maximum atomic E-state index is 5.77. The molecule has 22 heavy (non-hydrogen) atoms. The van der Waals surface area contributed by atoms with Crippen LogP contribution in [0.4, 0.5) is 0 Å². The van der Waals surface area contributed by atoms with E-state index >= 15 is 0 Å². The topological polar surface area (TPSA) is 55.2 Å². The monoisotopic (exact) mass is 301 g/mol. The molecule has 1 fully saturated rings. The van der Waals surface area contributed by atoms with Crippen LogP contribution in [0.5, 0.6) is 0 Å². The van der Waals surface area contributed by atoms with Crippen molar-refractivity contribution in [2.45, 2.75) is 12.6 Å². The van der Waals surface area contributed by atoms with Gasteiger partial charge in [-0.05, 0) is 19.2 Å². The summed E-state index contributed by atoms with van der Waals surface area (Å²) in [6.45, 7) is 4.45. The van der Waals surface area contributed by atoms with Crippen molar-refractivity contribution in [2.24, 2.45) is 7.05 Å². The van der Waals surface area contributed by atoms with Gasteiger partial charge in [-0.15, -0.1) is 0 Å². The second-order valence-corrected chi connectivity index (χ2v) is 5.80. The predicted molar refractivity (Wildman–Crippen MR) is 85.4 cm³/mol. The van der Waals surface area contributed by atoms with Gasteiger partial charge >= 0.3 is 0 Å². The molecule has 6 nitrogen and oxygen atoms in total. The highest BCUT2D eigenvalue weighted by Gasteiger charge is 2.17. The van der Waals surface area contributed by atoms with Crippen LogP contribution in [0.25, 0.3) is 11.3 Å². The average Bonchev–Trinajstić information content (AvgIpc) is 2.89. The fourth-order valence-electron chi connectivity index (χ4n) is 2.77. The third-order valence-corrected chi connectivity index (χ3v) is 3.87. The van der Waals surface area contributed by atoms with E-state index in [9.17, 15) is 0 Å². The normalized spacial score (nSPS) is 19.5. The summed E-state index contributed by atoms with van der Waals surface area (Å²) in [5, 5.41) is 8.05. The Bertz CT molecular complexity index is 598. The molecule has 0 aliphatic carbocycles. The fourth-order valence-corrected chi connectivity index (χ4v) is 2.77. The standard InChI is InChI=1S/C16H23N5O/c1-20-6-7-22-15(12-20)10-18-9-14-11-21(2)19-16(14)13-4-3-5-17-8-13/h3-5,8,11,15,18H,6-7,9-10,12H2,1-2H3. The van der Waals surface area contributed by atoms with E-state index in [1.807, 2.05) is 30.1 Å². The van der Waals surface area contributed by atoms with Crippen molar-refractivity contribution in [1.29, 1.82) is 0 Å².